The van der Waals surface area contributed by atoms with Crippen LogP contribution in [0.2, 0.25) is 0 Å². The standard InChI is InChI=1S/C13H18F3N/c1-4-8-17-12(13(14,15)16)11-7-5-6-9(2)10(11)3/h5-7,12,17H,4,8H2,1-3H3. The smallest absolute Gasteiger partial charge is 0.302 e. The molecule has 0 saturated carbocycles. The van der Waals surface area contributed by atoms with Crippen molar-refractivity contribution in [3.8, 4) is 0 Å². The predicted molar refractivity (Wildman–Crippen MR) is 63.0 cm³/mol. The maximum absolute atomic E-state index is 13.0. The van der Waals surface area contributed by atoms with Crippen LogP contribution in [0.1, 0.15) is 36.1 Å². The first-order chi connectivity index (χ1) is 7.88. The molecule has 0 heterocycles. The van der Waals surface area contributed by atoms with Gasteiger partial charge in [-0.2, -0.15) is 13.2 Å². The van der Waals surface area contributed by atoms with Gasteiger partial charge in [0.2, 0.25) is 0 Å². The molecule has 1 rings (SSSR count). The summed E-state index contributed by atoms with van der Waals surface area (Å²) in [5.74, 6) is 0. The predicted octanol–water partition coefficient (Wildman–Crippen LogP) is 3.91. The summed E-state index contributed by atoms with van der Waals surface area (Å²) in [5.41, 5.74) is 1.92. The fraction of sp³-hybridized carbons (Fsp3) is 0.538. The molecule has 0 aliphatic carbocycles. The highest BCUT2D eigenvalue weighted by Crippen LogP contribution is 2.34. The lowest BCUT2D eigenvalue weighted by molar-refractivity contribution is -0.157. The average molecular weight is 245 g/mol. The van der Waals surface area contributed by atoms with Crippen LogP contribution in [0.4, 0.5) is 13.2 Å². The van der Waals surface area contributed by atoms with E-state index in [9.17, 15) is 13.2 Å². The van der Waals surface area contributed by atoms with E-state index in [0.29, 0.717) is 24.1 Å². The van der Waals surface area contributed by atoms with E-state index >= 15 is 0 Å². The third-order valence-corrected chi connectivity index (χ3v) is 2.88. The minimum absolute atomic E-state index is 0.325. The lowest BCUT2D eigenvalue weighted by Crippen LogP contribution is -2.35. The Balaban J connectivity index is 3.09. The van der Waals surface area contributed by atoms with Crippen molar-refractivity contribution in [3.05, 3.63) is 34.9 Å². The molecule has 1 aromatic carbocycles. The molecule has 1 nitrogen and oxygen atoms in total. The molecule has 0 aliphatic rings. The van der Waals surface area contributed by atoms with Crippen molar-refractivity contribution in [1.29, 1.82) is 0 Å². The topological polar surface area (TPSA) is 12.0 Å². The van der Waals surface area contributed by atoms with Gasteiger partial charge in [0.05, 0.1) is 0 Å². The molecule has 4 heteroatoms. The molecule has 0 aromatic heterocycles. The minimum Gasteiger partial charge on any atom is -0.302 e. The van der Waals surface area contributed by atoms with Gasteiger partial charge in [0.1, 0.15) is 6.04 Å². The van der Waals surface area contributed by atoms with Gasteiger partial charge in [0, 0.05) is 0 Å². The van der Waals surface area contributed by atoms with Crippen molar-refractivity contribution in [2.45, 2.75) is 39.4 Å². The molecule has 0 bridgehead atoms. The first-order valence-electron chi connectivity index (χ1n) is 5.74. The van der Waals surface area contributed by atoms with Crippen LogP contribution in [0.5, 0.6) is 0 Å². The number of halogens is 3. The van der Waals surface area contributed by atoms with Gasteiger partial charge in [-0.05, 0) is 43.5 Å². The Kier molecular flexibility index (Phi) is 4.57. The molecule has 0 radical (unpaired) electrons. The van der Waals surface area contributed by atoms with E-state index in [-0.39, 0.29) is 0 Å². The van der Waals surface area contributed by atoms with E-state index in [2.05, 4.69) is 5.32 Å². The fourth-order valence-electron chi connectivity index (χ4n) is 1.78. The van der Waals surface area contributed by atoms with Crippen molar-refractivity contribution in [3.63, 3.8) is 0 Å². The summed E-state index contributed by atoms with van der Waals surface area (Å²) in [6.07, 6.45) is -3.58. The molecule has 0 fully saturated rings. The van der Waals surface area contributed by atoms with Gasteiger partial charge in [-0.25, -0.2) is 0 Å². The minimum atomic E-state index is -4.26. The normalized spacial score (nSPS) is 13.8. The zero-order valence-corrected chi connectivity index (χ0v) is 10.4. The summed E-state index contributed by atoms with van der Waals surface area (Å²) in [7, 11) is 0. The van der Waals surface area contributed by atoms with Crippen molar-refractivity contribution in [2.24, 2.45) is 0 Å². The number of rotatable bonds is 4. The van der Waals surface area contributed by atoms with E-state index in [1.165, 1.54) is 0 Å². The van der Waals surface area contributed by atoms with Crippen LogP contribution in [0.25, 0.3) is 0 Å². The van der Waals surface area contributed by atoms with Crippen LogP contribution >= 0.6 is 0 Å². The number of alkyl halides is 3. The van der Waals surface area contributed by atoms with Crippen LogP contribution in [0, 0.1) is 13.8 Å². The third kappa shape index (κ3) is 3.46. The molecule has 0 saturated heterocycles. The van der Waals surface area contributed by atoms with E-state index in [1.807, 2.05) is 19.9 Å². The molecule has 17 heavy (non-hydrogen) atoms. The van der Waals surface area contributed by atoms with Gasteiger partial charge >= 0.3 is 6.18 Å². The number of aryl methyl sites for hydroxylation is 1. The Morgan fingerprint density at radius 3 is 2.41 bits per heavy atom. The third-order valence-electron chi connectivity index (χ3n) is 2.88. The van der Waals surface area contributed by atoms with Crippen molar-refractivity contribution >= 4 is 0 Å². The summed E-state index contributed by atoms with van der Waals surface area (Å²) in [6.45, 7) is 5.77. The van der Waals surface area contributed by atoms with Crippen molar-refractivity contribution in [1.82, 2.24) is 5.32 Å². The van der Waals surface area contributed by atoms with Crippen LogP contribution in [0.3, 0.4) is 0 Å². The van der Waals surface area contributed by atoms with Gasteiger partial charge in [-0.1, -0.05) is 25.1 Å². The maximum Gasteiger partial charge on any atom is 0.407 e. The molecule has 1 N–H and O–H groups in total. The van der Waals surface area contributed by atoms with Crippen molar-refractivity contribution < 1.29 is 13.2 Å². The molecule has 0 spiro atoms. The molecule has 0 aliphatic heterocycles. The quantitative estimate of drug-likeness (QED) is 0.848. The molecule has 0 amide bonds. The fourth-order valence-corrected chi connectivity index (χ4v) is 1.78. The second kappa shape index (κ2) is 5.54. The number of nitrogens with one attached hydrogen (secondary N) is 1. The summed E-state index contributed by atoms with van der Waals surface area (Å²) in [6, 6.07) is 3.47. The first kappa shape index (κ1) is 14.0. The summed E-state index contributed by atoms with van der Waals surface area (Å²) < 4.78 is 38.9. The van der Waals surface area contributed by atoms with Gasteiger partial charge in [0.25, 0.3) is 0 Å². The SMILES string of the molecule is CCCNC(c1cccc(C)c1C)C(F)(F)F. The van der Waals surface area contributed by atoms with Gasteiger partial charge in [-0.15, -0.1) is 0 Å². The first-order valence-corrected chi connectivity index (χ1v) is 5.74. The Morgan fingerprint density at radius 1 is 1.24 bits per heavy atom. The molecule has 1 unspecified atom stereocenters. The second-order valence-corrected chi connectivity index (χ2v) is 4.22. The summed E-state index contributed by atoms with van der Waals surface area (Å²) in [5, 5.41) is 2.57. The molecular formula is C13H18F3N. The highest BCUT2D eigenvalue weighted by molar-refractivity contribution is 5.36. The largest absolute Gasteiger partial charge is 0.407 e. The van der Waals surface area contributed by atoms with E-state index in [4.69, 9.17) is 0 Å². The number of hydrogen-bond donors (Lipinski definition) is 1. The Bertz CT molecular complexity index is 371. The Morgan fingerprint density at radius 2 is 1.88 bits per heavy atom. The monoisotopic (exact) mass is 245 g/mol. The Hall–Kier alpha value is -1.03. The molecular weight excluding hydrogens is 227 g/mol. The van der Waals surface area contributed by atoms with Gasteiger partial charge < -0.3 is 5.32 Å². The van der Waals surface area contributed by atoms with Gasteiger partial charge in [0.15, 0.2) is 0 Å². The van der Waals surface area contributed by atoms with E-state index < -0.39 is 12.2 Å². The zero-order chi connectivity index (χ0) is 13.1. The van der Waals surface area contributed by atoms with Crippen LogP contribution in [0.15, 0.2) is 18.2 Å². The zero-order valence-electron chi connectivity index (χ0n) is 10.4. The number of benzene rings is 1. The molecule has 1 aromatic rings. The second-order valence-electron chi connectivity index (χ2n) is 4.22. The van der Waals surface area contributed by atoms with E-state index in [0.717, 1.165) is 5.56 Å². The lowest BCUT2D eigenvalue weighted by atomic mass is 9.97. The Labute approximate surface area is 100 Å². The average Bonchev–Trinajstić information content (AvgIpc) is 2.22. The molecule has 1 atom stereocenters. The van der Waals surface area contributed by atoms with Crippen molar-refractivity contribution in [2.75, 3.05) is 6.54 Å². The number of hydrogen-bond acceptors (Lipinski definition) is 1. The highest BCUT2D eigenvalue weighted by atomic mass is 19.4. The van der Waals surface area contributed by atoms with E-state index in [1.54, 1.807) is 19.1 Å². The molecule has 96 valence electrons. The van der Waals surface area contributed by atoms with Crippen LogP contribution in [-0.4, -0.2) is 12.7 Å². The van der Waals surface area contributed by atoms with Gasteiger partial charge in [-0.3, -0.25) is 0 Å². The summed E-state index contributed by atoms with van der Waals surface area (Å²) >= 11 is 0. The summed E-state index contributed by atoms with van der Waals surface area (Å²) in [4.78, 5) is 0. The maximum atomic E-state index is 13.0. The lowest BCUT2D eigenvalue weighted by Gasteiger charge is -2.24. The highest BCUT2D eigenvalue weighted by Gasteiger charge is 2.40. The van der Waals surface area contributed by atoms with Crippen LogP contribution in [-0.2, 0) is 0 Å². The van der Waals surface area contributed by atoms with Crippen LogP contribution < -0.4 is 5.32 Å².